The minimum absolute atomic E-state index is 0.115. The van der Waals surface area contributed by atoms with Crippen molar-refractivity contribution in [3.63, 3.8) is 0 Å². The van der Waals surface area contributed by atoms with Crippen LogP contribution >= 0.6 is 0 Å². The van der Waals surface area contributed by atoms with Gasteiger partial charge in [-0.25, -0.2) is 0 Å². The summed E-state index contributed by atoms with van der Waals surface area (Å²) in [5.74, 6) is 0.115. The molecule has 0 radical (unpaired) electrons. The van der Waals surface area contributed by atoms with Crippen molar-refractivity contribution in [1.29, 1.82) is 0 Å². The predicted octanol–water partition coefficient (Wildman–Crippen LogP) is 0.281. The van der Waals surface area contributed by atoms with E-state index in [9.17, 15) is 4.79 Å². The van der Waals surface area contributed by atoms with Crippen LogP contribution in [0.3, 0.4) is 0 Å². The topological polar surface area (TPSA) is 50.4 Å². The molecule has 1 saturated carbocycles. The third kappa shape index (κ3) is 5.94. The van der Waals surface area contributed by atoms with E-state index in [1.54, 1.807) is 0 Å². The van der Waals surface area contributed by atoms with Gasteiger partial charge in [-0.05, 0) is 32.7 Å². The highest BCUT2D eigenvalue weighted by molar-refractivity contribution is 5.78. The molecule has 0 saturated heterocycles. The maximum Gasteiger partial charge on any atom is 0.234 e. The Morgan fingerprint density at radius 2 is 2.29 bits per heavy atom. The molecule has 0 heterocycles. The van der Waals surface area contributed by atoms with Crippen molar-refractivity contribution in [2.24, 2.45) is 0 Å². The summed E-state index contributed by atoms with van der Waals surface area (Å²) in [5.41, 5.74) is 0. The minimum Gasteiger partial charge on any atom is -0.382 e. The van der Waals surface area contributed by atoms with Crippen LogP contribution in [0.2, 0.25) is 0 Å². The molecular weight excluding hydrogens is 180 g/mol. The number of amides is 1. The second kappa shape index (κ2) is 6.79. The van der Waals surface area contributed by atoms with Gasteiger partial charge in [-0.3, -0.25) is 4.79 Å². The second-order valence-corrected chi connectivity index (χ2v) is 3.57. The average molecular weight is 200 g/mol. The zero-order valence-electron chi connectivity index (χ0n) is 8.84. The second-order valence-electron chi connectivity index (χ2n) is 3.57. The van der Waals surface area contributed by atoms with E-state index in [4.69, 9.17) is 4.74 Å². The Hall–Kier alpha value is -0.610. The third-order valence-corrected chi connectivity index (χ3v) is 2.07. The molecule has 0 aromatic rings. The Labute approximate surface area is 85.4 Å². The Balaban J connectivity index is 1.80. The molecule has 0 bridgehead atoms. The molecule has 4 nitrogen and oxygen atoms in total. The van der Waals surface area contributed by atoms with Crippen LogP contribution in [-0.4, -0.2) is 38.3 Å². The predicted molar refractivity (Wildman–Crippen MR) is 55.1 cm³/mol. The Kier molecular flexibility index (Phi) is 5.56. The highest BCUT2D eigenvalue weighted by Gasteiger charge is 2.22. The molecule has 2 N–H and O–H groups in total. The van der Waals surface area contributed by atoms with E-state index >= 15 is 0 Å². The summed E-state index contributed by atoms with van der Waals surface area (Å²) in [4.78, 5) is 11.2. The number of hydrogen-bond donors (Lipinski definition) is 2. The fraction of sp³-hybridized carbons (Fsp3) is 0.900. The molecule has 0 unspecified atom stereocenters. The minimum atomic E-state index is 0.115. The van der Waals surface area contributed by atoms with E-state index < -0.39 is 0 Å². The summed E-state index contributed by atoms with van der Waals surface area (Å²) in [5, 5.41) is 6.01. The maximum atomic E-state index is 11.2. The van der Waals surface area contributed by atoms with Gasteiger partial charge in [0, 0.05) is 19.3 Å². The molecule has 1 amide bonds. The SMILES string of the molecule is CCOCCCNCC(=O)NC1CC1. The lowest BCUT2D eigenvalue weighted by Crippen LogP contribution is -2.35. The number of ether oxygens (including phenoxy) is 1. The Morgan fingerprint density at radius 1 is 1.50 bits per heavy atom. The van der Waals surface area contributed by atoms with Crippen LogP contribution in [0.4, 0.5) is 0 Å². The lowest BCUT2D eigenvalue weighted by Gasteiger charge is -2.05. The van der Waals surface area contributed by atoms with E-state index in [1.807, 2.05) is 6.92 Å². The van der Waals surface area contributed by atoms with Gasteiger partial charge in [-0.1, -0.05) is 0 Å². The normalized spacial score (nSPS) is 15.5. The number of nitrogens with one attached hydrogen (secondary N) is 2. The van der Waals surface area contributed by atoms with E-state index in [0.717, 1.165) is 39.0 Å². The van der Waals surface area contributed by atoms with Gasteiger partial charge < -0.3 is 15.4 Å². The van der Waals surface area contributed by atoms with E-state index in [2.05, 4.69) is 10.6 Å². The van der Waals surface area contributed by atoms with Crippen molar-refractivity contribution in [2.45, 2.75) is 32.2 Å². The maximum absolute atomic E-state index is 11.2. The van der Waals surface area contributed by atoms with Gasteiger partial charge >= 0.3 is 0 Å². The zero-order chi connectivity index (χ0) is 10.2. The average Bonchev–Trinajstić information content (AvgIpc) is 2.95. The van der Waals surface area contributed by atoms with Gasteiger partial charge in [0.05, 0.1) is 6.54 Å². The van der Waals surface area contributed by atoms with E-state index in [1.165, 1.54) is 0 Å². The number of carbonyl (C=O) groups excluding carboxylic acids is 1. The number of hydrogen-bond acceptors (Lipinski definition) is 3. The van der Waals surface area contributed by atoms with Gasteiger partial charge in [0.2, 0.25) is 5.91 Å². The van der Waals surface area contributed by atoms with Gasteiger partial charge in [-0.15, -0.1) is 0 Å². The van der Waals surface area contributed by atoms with E-state index in [-0.39, 0.29) is 5.91 Å². The largest absolute Gasteiger partial charge is 0.382 e. The molecule has 82 valence electrons. The van der Waals surface area contributed by atoms with Crippen LogP contribution in [0.1, 0.15) is 26.2 Å². The van der Waals surface area contributed by atoms with Crippen molar-refractivity contribution in [2.75, 3.05) is 26.3 Å². The summed E-state index contributed by atoms with van der Waals surface area (Å²) < 4.78 is 5.17. The molecule has 0 spiro atoms. The molecule has 1 rings (SSSR count). The molecule has 0 atom stereocenters. The first-order valence-electron chi connectivity index (χ1n) is 5.40. The fourth-order valence-corrected chi connectivity index (χ4v) is 1.15. The van der Waals surface area contributed by atoms with Crippen molar-refractivity contribution in [3.05, 3.63) is 0 Å². The molecule has 1 aliphatic rings. The summed E-state index contributed by atoms with van der Waals surface area (Å²) in [7, 11) is 0. The van der Waals surface area contributed by atoms with Crippen LogP contribution in [0, 0.1) is 0 Å². The van der Waals surface area contributed by atoms with Crippen LogP contribution in [0.5, 0.6) is 0 Å². The number of rotatable bonds is 8. The zero-order valence-corrected chi connectivity index (χ0v) is 8.84. The summed E-state index contributed by atoms with van der Waals surface area (Å²) in [6, 6.07) is 0.465. The van der Waals surface area contributed by atoms with Crippen molar-refractivity contribution < 1.29 is 9.53 Å². The van der Waals surface area contributed by atoms with Crippen molar-refractivity contribution in [1.82, 2.24) is 10.6 Å². The highest BCUT2D eigenvalue weighted by atomic mass is 16.5. The first-order valence-corrected chi connectivity index (χ1v) is 5.40. The highest BCUT2D eigenvalue weighted by Crippen LogP contribution is 2.17. The number of carbonyl (C=O) groups is 1. The molecular formula is C10H20N2O2. The van der Waals surface area contributed by atoms with Crippen LogP contribution in [0.25, 0.3) is 0 Å². The van der Waals surface area contributed by atoms with Gasteiger partial charge in [0.1, 0.15) is 0 Å². The van der Waals surface area contributed by atoms with Crippen molar-refractivity contribution >= 4 is 5.91 Å². The molecule has 1 aliphatic carbocycles. The smallest absolute Gasteiger partial charge is 0.234 e. The van der Waals surface area contributed by atoms with Gasteiger partial charge in [-0.2, -0.15) is 0 Å². The first-order chi connectivity index (χ1) is 6.83. The summed E-state index contributed by atoms with van der Waals surface area (Å²) in [6.45, 7) is 4.80. The molecule has 0 aromatic carbocycles. The Morgan fingerprint density at radius 3 is 2.93 bits per heavy atom. The van der Waals surface area contributed by atoms with Crippen LogP contribution in [-0.2, 0) is 9.53 Å². The lowest BCUT2D eigenvalue weighted by atomic mass is 10.4. The molecule has 0 aliphatic heterocycles. The molecule has 1 fully saturated rings. The van der Waals surface area contributed by atoms with Crippen molar-refractivity contribution in [3.8, 4) is 0 Å². The van der Waals surface area contributed by atoms with Crippen LogP contribution < -0.4 is 10.6 Å². The van der Waals surface area contributed by atoms with Gasteiger partial charge in [0.15, 0.2) is 0 Å². The summed E-state index contributed by atoms with van der Waals surface area (Å²) in [6.07, 6.45) is 3.26. The molecule has 14 heavy (non-hydrogen) atoms. The van der Waals surface area contributed by atoms with E-state index in [0.29, 0.717) is 12.6 Å². The van der Waals surface area contributed by atoms with Gasteiger partial charge in [0.25, 0.3) is 0 Å². The quantitative estimate of drug-likeness (QED) is 0.553. The fourth-order valence-electron chi connectivity index (χ4n) is 1.15. The summed E-state index contributed by atoms with van der Waals surface area (Å²) >= 11 is 0. The molecule has 4 heteroatoms. The first kappa shape index (κ1) is 11.5. The Bertz CT molecular complexity index is 170. The third-order valence-electron chi connectivity index (χ3n) is 2.07. The monoisotopic (exact) mass is 200 g/mol. The van der Waals surface area contributed by atoms with Crippen LogP contribution in [0.15, 0.2) is 0 Å². The molecule has 0 aromatic heterocycles. The standard InChI is InChI=1S/C10H20N2O2/c1-2-14-7-3-6-11-8-10(13)12-9-4-5-9/h9,11H,2-8H2,1H3,(H,12,13). The lowest BCUT2D eigenvalue weighted by molar-refractivity contribution is -0.120.